The van der Waals surface area contributed by atoms with Crippen LogP contribution >= 0.6 is 11.8 Å². The number of amides is 1. The number of aliphatic hydroxyl groups excluding tert-OH is 1. The molecule has 0 aromatic heterocycles. The van der Waals surface area contributed by atoms with Crippen molar-refractivity contribution in [3.63, 3.8) is 0 Å². The molecule has 5 heteroatoms. The molecule has 1 rings (SSSR count). The van der Waals surface area contributed by atoms with Gasteiger partial charge in [-0.25, -0.2) is 0 Å². The van der Waals surface area contributed by atoms with E-state index in [9.17, 15) is 4.79 Å². The molecule has 1 saturated carbocycles. The van der Waals surface area contributed by atoms with Gasteiger partial charge in [0.25, 0.3) is 0 Å². The van der Waals surface area contributed by atoms with Gasteiger partial charge in [0.2, 0.25) is 5.91 Å². The van der Waals surface area contributed by atoms with Crippen LogP contribution in [0.5, 0.6) is 0 Å². The maximum absolute atomic E-state index is 11.2. The fraction of sp³-hybridized carbons (Fsp3) is 0.900. The van der Waals surface area contributed by atoms with Crippen molar-refractivity contribution >= 4 is 17.7 Å². The van der Waals surface area contributed by atoms with E-state index in [0.717, 1.165) is 25.0 Å². The summed E-state index contributed by atoms with van der Waals surface area (Å²) >= 11 is 1.79. The van der Waals surface area contributed by atoms with Crippen molar-refractivity contribution < 1.29 is 9.90 Å². The van der Waals surface area contributed by atoms with Crippen molar-refractivity contribution in [3.05, 3.63) is 0 Å². The van der Waals surface area contributed by atoms with E-state index in [4.69, 9.17) is 16.6 Å². The number of aliphatic hydroxyl groups is 1. The SMILES string of the molecule is NC(=O)C1(N)CCCC(SCCCO)C1. The third-order valence-corrected chi connectivity index (χ3v) is 4.29. The zero-order valence-electron chi connectivity index (χ0n) is 8.95. The molecule has 0 saturated heterocycles. The molecule has 1 aliphatic carbocycles. The minimum Gasteiger partial charge on any atom is -0.396 e. The summed E-state index contributed by atoms with van der Waals surface area (Å²) in [5.74, 6) is 0.547. The largest absolute Gasteiger partial charge is 0.396 e. The van der Waals surface area contributed by atoms with Gasteiger partial charge >= 0.3 is 0 Å². The van der Waals surface area contributed by atoms with E-state index < -0.39 is 5.54 Å². The average Bonchev–Trinajstić information content (AvgIpc) is 2.18. The predicted molar refractivity (Wildman–Crippen MR) is 62.5 cm³/mol. The Hall–Kier alpha value is -0.260. The Kier molecular flexibility index (Phi) is 4.89. The normalized spacial score (nSPS) is 31.5. The first-order valence-corrected chi connectivity index (χ1v) is 6.44. The number of carbonyl (C=O) groups is 1. The van der Waals surface area contributed by atoms with E-state index in [1.807, 2.05) is 0 Å². The number of thioether (sulfide) groups is 1. The van der Waals surface area contributed by atoms with Crippen LogP contribution in [0.15, 0.2) is 0 Å². The number of carbonyl (C=O) groups excluding carboxylic acids is 1. The number of primary amides is 1. The topological polar surface area (TPSA) is 89.3 Å². The molecule has 5 N–H and O–H groups in total. The van der Waals surface area contributed by atoms with Gasteiger partial charge in [0.1, 0.15) is 0 Å². The molecule has 0 spiro atoms. The summed E-state index contributed by atoms with van der Waals surface area (Å²) in [6, 6.07) is 0. The van der Waals surface area contributed by atoms with E-state index in [1.165, 1.54) is 0 Å². The second kappa shape index (κ2) is 5.72. The van der Waals surface area contributed by atoms with Gasteiger partial charge in [0.05, 0.1) is 5.54 Å². The second-order valence-corrected chi connectivity index (χ2v) is 5.59. The Bertz CT molecular complexity index is 225. The molecular weight excluding hydrogens is 212 g/mol. The lowest BCUT2D eigenvalue weighted by molar-refractivity contribution is -0.124. The Labute approximate surface area is 94.8 Å². The molecule has 0 aliphatic heterocycles. The fourth-order valence-electron chi connectivity index (χ4n) is 1.94. The van der Waals surface area contributed by atoms with Gasteiger partial charge in [-0.1, -0.05) is 0 Å². The third-order valence-electron chi connectivity index (χ3n) is 2.89. The van der Waals surface area contributed by atoms with Crippen LogP contribution in [0.1, 0.15) is 32.1 Å². The summed E-state index contributed by atoms with van der Waals surface area (Å²) in [5, 5.41) is 9.09. The predicted octanol–water partition coefficient (Wildman–Crippen LogP) is 0.227. The van der Waals surface area contributed by atoms with Gasteiger partial charge in [0, 0.05) is 11.9 Å². The Morgan fingerprint density at radius 1 is 1.60 bits per heavy atom. The van der Waals surface area contributed by atoms with E-state index >= 15 is 0 Å². The van der Waals surface area contributed by atoms with Crippen molar-refractivity contribution in [3.8, 4) is 0 Å². The van der Waals surface area contributed by atoms with Crippen LogP contribution in [0.25, 0.3) is 0 Å². The Balaban J connectivity index is 2.38. The van der Waals surface area contributed by atoms with Crippen molar-refractivity contribution in [2.24, 2.45) is 11.5 Å². The van der Waals surface area contributed by atoms with Crippen molar-refractivity contribution in [2.45, 2.75) is 42.9 Å². The van der Waals surface area contributed by atoms with Crippen LogP contribution in [0.3, 0.4) is 0 Å². The highest BCUT2D eigenvalue weighted by atomic mass is 32.2. The highest BCUT2D eigenvalue weighted by molar-refractivity contribution is 7.99. The zero-order valence-corrected chi connectivity index (χ0v) is 9.76. The van der Waals surface area contributed by atoms with E-state index in [0.29, 0.717) is 18.1 Å². The number of nitrogens with two attached hydrogens (primary N) is 2. The molecule has 1 aliphatic rings. The monoisotopic (exact) mass is 232 g/mol. The summed E-state index contributed by atoms with van der Waals surface area (Å²) in [7, 11) is 0. The molecule has 15 heavy (non-hydrogen) atoms. The van der Waals surface area contributed by atoms with Gasteiger partial charge < -0.3 is 16.6 Å². The van der Waals surface area contributed by atoms with Gasteiger partial charge in [-0.15, -0.1) is 0 Å². The van der Waals surface area contributed by atoms with E-state index in [2.05, 4.69) is 0 Å². The lowest BCUT2D eigenvalue weighted by Gasteiger charge is -2.35. The van der Waals surface area contributed by atoms with Crippen LogP contribution in [0.2, 0.25) is 0 Å². The summed E-state index contributed by atoms with van der Waals surface area (Å²) < 4.78 is 0. The first-order valence-electron chi connectivity index (χ1n) is 5.40. The number of hydrogen-bond acceptors (Lipinski definition) is 4. The first kappa shape index (κ1) is 12.8. The molecule has 2 unspecified atom stereocenters. The molecule has 2 atom stereocenters. The maximum atomic E-state index is 11.2. The third kappa shape index (κ3) is 3.66. The van der Waals surface area contributed by atoms with Crippen molar-refractivity contribution in [2.75, 3.05) is 12.4 Å². The van der Waals surface area contributed by atoms with Gasteiger partial charge in [-0.3, -0.25) is 4.79 Å². The van der Waals surface area contributed by atoms with Crippen molar-refractivity contribution in [1.82, 2.24) is 0 Å². The summed E-state index contributed by atoms with van der Waals surface area (Å²) in [6.07, 6.45) is 4.26. The molecule has 0 radical (unpaired) electrons. The smallest absolute Gasteiger partial charge is 0.237 e. The number of hydrogen-bond donors (Lipinski definition) is 3. The quantitative estimate of drug-likeness (QED) is 0.592. The first-order chi connectivity index (χ1) is 7.08. The molecule has 0 heterocycles. The Morgan fingerprint density at radius 3 is 2.93 bits per heavy atom. The highest BCUT2D eigenvalue weighted by Crippen LogP contribution is 2.33. The fourth-order valence-corrected chi connectivity index (χ4v) is 3.31. The molecule has 88 valence electrons. The van der Waals surface area contributed by atoms with Crippen LogP contribution in [-0.4, -0.2) is 34.2 Å². The highest BCUT2D eigenvalue weighted by Gasteiger charge is 2.37. The van der Waals surface area contributed by atoms with Crippen LogP contribution in [-0.2, 0) is 4.79 Å². The molecular formula is C10H20N2O2S. The molecule has 4 nitrogen and oxygen atoms in total. The van der Waals surface area contributed by atoms with Gasteiger partial charge in [-0.05, 0) is 37.9 Å². The average molecular weight is 232 g/mol. The lowest BCUT2D eigenvalue weighted by atomic mass is 9.82. The summed E-state index contributed by atoms with van der Waals surface area (Å²) in [5.41, 5.74) is 10.5. The Morgan fingerprint density at radius 2 is 2.33 bits per heavy atom. The maximum Gasteiger partial charge on any atom is 0.237 e. The number of rotatable bonds is 5. The van der Waals surface area contributed by atoms with Gasteiger partial charge in [0.15, 0.2) is 0 Å². The van der Waals surface area contributed by atoms with E-state index in [-0.39, 0.29) is 12.5 Å². The zero-order chi connectivity index (χ0) is 11.3. The molecule has 0 aromatic carbocycles. The van der Waals surface area contributed by atoms with Crippen LogP contribution in [0.4, 0.5) is 0 Å². The molecule has 0 bridgehead atoms. The lowest BCUT2D eigenvalue weighted by Crippen LogP contribution is -2.55. The second-order valence-electron chi connectivity index (χ2n) is 4.19. The molecule has 0 aromatic rings. The molecule has 1 fully saturated rings. The summed E-state index contributed by atoms with van der Waals surface area (Å²) in [4.78, 5) is 11.2. The minimum atomic E-state index is -0.796. The van der Waals surface area contributed by atoms with Crippen molar-refractivity contribution in [1.29, 1.82) is 0 Å². The minimum absolute atomic E-state index is 0.226. The van der Waals surface area contributed by atoms with Crippen LogP contribution < -0.4 is 11.5 Å². The van der Waals surface area contributed by atoms with E-state index in [1.54, 1.807) is 11.8 Å². The molecule has 1 amide bonds. The van der Waals surface area contributed by atoms with Gasteiger partial charge in [-0.2, -0.15) is 11.8 Å². The summed E-state index contributed by atoms with van der Waals surface area (Å²) in [6.45, 7) is 0.226. The van der Waals surface area contributed by atoms with Crippen LogP contribution in [0, 0.1) is 0 Å². The standard InChI is InChI=1S/C10H20N2O2S/c11-9(14)10(12)4-1-3-8(7-10)15-6-2-5-13/h8,13H,1-7,12H2,(H2,11,14).